The van der Waals surface area contributed by atoms with Crippen molar-refractivity contribution in [3.63, 3.8) is 0 Å². The van der Waals surface area contributed by atoms with Crippen molar-refractivity contribution in [1.82, 2.24) is 5.43 Å². The number of aromatic hydroxyl groups is 1. The standard InChI is InChI=1S/C27H18N4O14S2/c32-16-9-11(10-17(33)21(16)34)26-25(38)23(36)18-22(35)19(30-28-12-1-5-14(6-2-12)46(39,40)41)24(37)20(27(18)45-26)31-29-13-3-7-15(8-4-13)47(42,43)44/h1-10,28-29,31-32,35,38H,(H,39,40,41)(H,42,43,44)/b30-19-. The summed E-state index contributed by atoms with van der Waals surface area (Å²) in [5, 5.41) is 34.5. The molecule has 0 saturated carbocycles. The number of hydrogen-bond donors (Lipinski definition) is 8. The normalized spacial score (nSPS) is 16.0. The Bertz CT molecular complexity index is 2410. The van der Waals surface area contributed by atoms with Crippen LogP contribution in [0.5, 0.6) is 5.75 Å². The van der Waals surface area contributed by atoms with Crippen molar-refractivity contribution in [2.24, 2.45) is 5.10 Å². The van der Waals surface area contributed by atoms with Gasteiger partial charge in [0.15, 0.2) is 28.4 Å². The molecule has 18 nitrogen and oxygen atoms in total. The predicted octanol–water partition coefficient (Wildman–Crippen LogP) is -0.742. The number of anilines is 2. The number of Topliss-reactive ketones (excluding diaryl/α,β-unsaturated/α-hetero) is 2. The van der Waals surface area contributed by atoms with Gasteiger partial charge in [-0.15, -0.1) is 0 Å². The number of allylic oxidation sites excluding steroid dienone is 4. The summed E-state index contributed by atoms with van der Waals surface area (Å²) in [7, 11) is -9.07. The number of nitrogens with zero attached hydrogens (tertiary/aromatic N) is 1. The van der Waals surface area contributed by atoms with E-state index in [1.807, 2.05) is 0 Å². The maximum Gasteiger partial charge on any atom is 0.294 e. The number of rotatable bonds is 8. The Kier molecular flexibility index (Phi) is 8.03. The molecule has 2 aliphatic carbocycles. The van der Waals surface area contributed by atoms with Crippen LogP contribution in [-0.2, 0) is 34.6 Å². The maximum atomic E-state index is 13.6. The van der Waals surface area contributed by atoms with Crippen LogP contribution >= 0.6 is 0 Å². The summed E-state index contributed by atoms with van der Waals surface area (Å²) in [4.78, 5) is 49.8. The van der Waals surface area contributed by atoms with Crippen molar-refractivity contribution in [2.45, 2.75) is 9.79 Å². The number of carbonyl (C=O) groups excluding carboxylic acids is 3. The van der Waals surface area contributed by atoms with Gasteiger partial charge in [-0.2, -0.15) is 21.9 Å². The highest BCUT2D eigenvalue weighted by Gasteiger charge is 2.33. The first kappa shape index (κ1) is 32.3. The van der Waals surface area contributed by atoms with Crippen LogP contribution in [0.15, 0.2) is 90.5 Å². The van der Waals surface area contributed by atoms with Gasteiger partial charge in [-0.05, 0) is 54.6 Å². The third-order valence-electron chi connectivity index (χ3n) is 6.45. The van der Waals surface area contributed by atoms with Crippen LogP contribution < -0.4 is 32.3 Å². The molecule has 3 aromatic rings. The number of fused-ring (bicyclic) bond motifs is 1. The largest absolute Gasteiger partial charge is 0.505 e. The van der Waals surface area contributed by atoms with Crippen molar-refractivity contribution in [1.29, 1.82) is 0 Å². The summed E-state index contributed by atoms with van der Waals surface area (Å²) < 4.78 is 69.3. The Morgan fingerprint density at radius 1 is 0.702 bits per heavy atom. The fourth-order valence-corrected chi connectivity index (χ4v) is 5.12. The van der Waals surface area contributed by atoms with Gasteiger partial charge in [0.05, 0.1) is 21.2 Å². The van der Waals surface area contributed by atoms with E-state index in [1.165, 1.54) is 12.1 Å². The number of benzene rings is 2. The molecule has 1 aromatic heterocycles. The van der Waals surface area contributed by atoms with E-state index in [1.54, 1.807) is 0 Å². The Hall–Kier alpha value is -6.09. The molecule has 0 saturated heterocycles. The second kappa shape index (κ2) is 11.7. The summed E-state index contributed by atoms with van der Waals surface area (Å²) in [6.07, 6.45) is 1.36. The van der Waals surface area contributed by atoms with E-state index in [0.29, 0.717) is 12.2 Å². The number of hydrogen-bond acceptors (Lipinski definition) is 16. The molecule has 8 N–H and O–H groups in total. The predicted molar refractivity (Wildman–Crippen MR) is 159 cm³/mol. The zero-order valence-corrected chi connectivity index (χ0v) is 24.6. The van der Waals surface area contributed by atoms with E-state index in [2.05, 4.69) is 21.4 Å². The van der Waals surface area contributed by atoms with Crippen LogP contribution in [0.3, 0.4) is 0 Å². The first-order valence-electron chi connectivity index (χ1n) is 12.6. The molecule has 0 bridgehead atoms. The Morgan fingerprint density at radius 2 is 1.26 bits per heavy atom. The molecule has 0 atom stereocenters. The topological polar surface area (TPSA) is 299 Å². The van der Waals surface area contributed by atoms with Gasteiger partial charge < -0.3 is 25.2 Å². The van der Waals surface area contributed by atoms with Crippen LogP contribution in [0, 0.1) is 0 Å². The van der Waals surface area contributed by atoms with Crippen molar-refractivity contribution >= 4 is 71.7 Å². The quantitative estimate of drug-likeness (QED) is 0.0626. The summed E-state index contributed by atoms with van der Waals surface area (Å²) in [6, 6.07) is 8.63. The number of carbonyl (C=O) groups is 3. The van der Waals surface area contributed by atoms with Crippen LogP contribution in [0.2, 0.25) is 0 Å². The number of nitrogens with one attached hydrogen (secondary N) is 3. The molecule has 0 radical (unpaired) electrons. The number of aliphatic hydroxyl groups excluding tert-OH is 2. The Morgan fingerprint density at radius 3 is 1.79 bits per heavy atom. The molecule has 0 amide bonds. The van der Waals surface area contributed by atoms with E-state index >= 15 is 0 Å². The lowest BCUT2D eigenvalue weighted by molar-refractivity contribution is -0.133. The van der Waals surface area contributed by atoms with E-state index in [4.69, 9.17) is 8.97 Å². The first-order valence-corrected chi connectivity index (χ1v) is 15.5. The molecule has 0 spiro atoms. The van der Waals surface area contributed by atoms with Crippen LogP contribution in [0.4, 0.5) is 11.4 Å². The molecule has 0 unspecified atom stereocenters. The molecule has 1 heterocycles. The van der Waals surface area contributed by atoms with Crippen molar-refractivity contribution in [2.75, 3.05) is 10.9 Å². The van der Waals surface area contributed by atoms with E-state index in [9.17, 15) is 55.9 Å². The van der Waals surface area contributed by atoms with Gasteiger partial charge in [0, 0.05) is 11.6 Å². The van der Waals surface area contributed by atoms with Crippen LogP contribution in [0.1, 0.15) is 5.76 Å². The number of hydrazone groups is 1. The Labute approximate surface area is 261 Å². The molecule has 0 fully saturated rings. The zero-order valence-electron chi connectivity index (χ0n) is 22.9. The minimum atomic E-state index is -4.54. The lowest BCUT2D eigenvalue weighted by Gasteiger charge is -2.18. The smallest absolute Gasteiger partial charge is 0.294 e. The molecule has 47 heavy (non-hydrogen) atoms. The highest BCUT2D eigenvalue weighted by molar-refractivity contribution is 7.86. The summed E-state index contributed by atoms with van der Waals surface area (Å²) in [5.74, 6) is -7.81. The Balaban J connectivity index is 1.66. The molecular formula is C27H18N4O14S2. The lowest BCUT2D eigenvalue weighted by atomic mass is 9.99. The van der Waals surface area contributed by atoms with E-state index in [0.717, 1.165) is 36.4 Å². The monoisotopic (exact) mass is 686 g/mol. The van der Waals surface area contributed by atoms with Crippen molar-refractivity contribution in [3.05, 3.63) is 93.1 Å². The highest BCUT2D eigenvalue weighted by Crippen LogP contribution is 2.26. The number of hydrazine groups is 1. The number of ketones is 3. The molecule has 2 aromatic carbocycles. The van der Waals surface area contributed by atoms with Gasteiger partial charge in [0.25, 0.3) is 26.0 Å². The van der Waals surface area contributed by atoms with Gasteiger partial charge in [-0.25, -0.2) is 0 Å². The first-order chi connectivity index (χ1) is 22.0. The molecule has 5 rings (SSSR count). The van der Waals surface area contributed by atoms with E-state index in [-0.39, 0.29) is 11.4 Å². The third kappa shape index (κ3) is 6.24. The summed E-state index contributed by atoms with van der Waals surface area (Å²) in [5.41, 5.74) is 3.45. The van der Waals surface area contributed by atoms with Crippen LogP contribution in [-0.4, -0.2) is 64.3 Å². The average Bonchev–Trinajstić information content (AvgIpc) is 3.00. The maximum absolute atomic E-state index is 13.6. The minimum Gasteiger partial charge on any atom is -0.505 e. The minimum absolute atomic E-state index is 0.0446. The molecular weight excluding hydrogens is 668 g/mol. The second-order valence-corrected chi connectivity index (χ2v) is 12.4. The van der Waals surface area contributed by atoms with Crippen LogP contribution in [0.25, 0.3) is 17.0 Å². The summed E-state index contributed by atoms with van der Waals surface area (Å²) >= 11 is 0. The van der Waals surface area contributed by atoms with Gasteiger partial charge >= 0.3 is 0 Å². The van der Waals surface area contributed by atoms with Crippen molar-refractivity contribution < 1.29 is 60.1 Å². The van der Waals surface area contributed by atoms with Gasteiger partial charge in [0.2, 0.25) is 22.7 Å². The van der Waals surface area contributed by atoms with Gasteiger partial charge in [-0.1, -0.05) is 0 Å². The van der Waals surface area contributed by atoms with Crippen molar-refractivity contribution in [3.8, 4) is 5.75 Å². The number of aliphatic hydroxyl groups is 2. The molecule has 242 valence electrons. The molecule has 20 heteroatoms. The van der Waals surface area contributed by atoms with E-state index < -0.39 is 103 Å². The highest BCUT2D eigenvalue weighted by atomic mass is 32.2. The fourth-order valence-electron chi connectivity index (χ4n) is 4.16. The third-order valence-corrected chi connectivity index (χ3v) is 8.18. The summed E-state index contributed by atoms with van der Waals surface area (Å²) in [6.45, 7) is 0. The SMILES string of the molecule is O=C1C=C(c2oc3c(c(=O)c2O)=C(O)/C(=N/Nc2ccc(S(=O)(=O)O)cc2)C(=O)C=3NNc2ccc(S(=O)(=O)O)cc2)C=C(O)C1=O. The average molecular weight is 687 g/mol. The van der Waals surface area contributed by atoms with Gasteiger partial charge in [0.1, 0.15) is 10.9 Å². The lowest BCUT2D eigenvalue weighted by Crippen LogP contribution is -2.52. The second-order valence-electron chi connectivity index (χ2n) is 9.51. The zero-order chi connectivity index (χ0) is 34.4. The molecule has 0 aliphatic heterocycles. The fraction of sp³-hybridized carbons (Fsp3) is 0. The van der Waals surface area contributed by atoms with Gasteiger partial charge in [-0.3, -0.25) is 39.1 Å². The molecule has 2 aliphatic rings.